The van der Waals surface area contributed by atoms with Crippen molar-refractivity contribution in [3.8, 4) is 10.4 Å². The normalized spacial score (nSPS) is 12.8. The van der Waals surface area contributed by atoms with E-state index >= 15 is 0 Å². The summed E-state index contributed by atoms with van der Waals surface area (Å²) in [7, 11) is 0. The highest BCUT2D eigenvalue weighted by Crippen LogP contribution is 2.34. The fourth-order valence-electron chi connectivity index (χ4n) is 2.58. The number of nitrogens with one attached hydrogen (secondary N) is 1. The molecule has 0 fully saturated rings. The molecule has 2 heteroatoms. The van der Waals surface area contributed by atoms with Crippen molar-refractivity contribution in [2.75, 3.05) is 6.54 Å². The molecule has 1 aromatic carbocycles. The lowest BCUT2D eigenvalue weighted by Gasteiger charge is -2.20. The van der Waals surface area contributed by atoms with Crippen LogP contribution < -0.4 is 5.32 Å². The summed E-state index contributed by atoms with van der Waals surface area (Å²) < 4.78 is 0. The van der Waals surface area contributed by atoms with Gasteiger partial charge in [-0.15, -0.1) is 11.3 Å². The minimum Gasteiger partial charge on any atom is -0.309 e. The number of benzene rings is 1. The molecule has 1 nitrogen and oxygen atoms in total. The van der Waals surface area contributed by atoms with Crippen LogP contribution in [0.25, 0.3) is 10.4 Å². The molecule has 2 aromatic rings. The first-order valence-electron chi connectivity index (χ1n) is 8.08. The van der Waals surface area contributed by atoms with Crippen LogP contribution in [0.2, 0.25) is 0 Å². The highest BCUT2D eigenvalue weighted by atomic mass is 32.1. The summed E-state index contributed by atoms with van der Waals surface area (Å²) in [5.74, 6) is 0.616. The van der Waals surface area contributed by atoms with Crippen molar-refractivity contribution in [1.29, 1.82) is 0 Å². The predicted molar refractivity (Wildman–Crippen MR) is 95.0 cm³/mol. The first-order chi connectivity index (χ1) is 10.2. The van der Waals surface area contributed by atoms with Crippen LogP contribution in [0.5, 0.6) is 0 Å². The first kappa shape index (κ1) is 16.3. The molecule has 1 N–H and O–H groups in total. The van der Waals surface area contributed by atoms with Crippen LogP contribution in [0.3, 0.4) is 0 Å². The van der Waals surface area contributed by atoms with Crippen molar-refractivity contribution in [1.82, 2.24) is 5.32 Å². The van der Waals surface area contributed by atoms with Gasteiger partial charge in [-0.05, 0) is 48.6 Å². The molecule has 0 saturated carbocycles. The molecule has 0 bridgehead atoms. The Kier molecular flexibility index (Phi) is 6.01. The second-order valence-electron chi connectivity index (χ2n) is 5.93. The van der Waals surface area contributed by atoms with Crippen LogP contribution in [0.4, 0.5) is 0 Å². The maximum absolute atomic E-state index is 3.68. The summed E-state index contributed by atoms with van der Waals surface area (Å²) in [6, 6.07) is 14.0. The molecule has 0 spiro atoms. The molecule has 21 heavy (non-hydrogen) atoms. The Morgan fingerprint density at radius 3 is 2.57 bits per heavy atom. The van der Waals surface area contributed by atoms with Gasteiger partial charge in [0.15, 0.2) is 0 Å². The number of hydrogen-bond donors (Lipinski definition) is 1. The Balaban J connectivity index is 2.22. The third-order valence-electron chi connectivity index (χ3n) is 3.83. The van der Waals surface area contributed by atoms with Crippen molar-refractivity contribution in [2.45, 2.75) is 46.6 Å². The zero-order chi connectivity index (χ0) is 15.2. The van der Waals surface area contributed by atoms with Gasteiger partial charge in [-0.1, -0.05) is 52.0 Å². The van der Waals surface area contributed by atoms with Gasteiger partial charge >= 0.3 is 0 Å². The Morgan fingerprint density at radius 2 is 1.90 bits per heavy atom. The molecule has 1 atom stereocenters. The van der Waals surface area contributed by atoms with Crippen LogP contribution in [0, 0.1) is 5.92 Å². The summed E-state index contributed by atoms with van der Waals surface area (Å²) in [6.07, 6.45) is 2.28. The fraction of sp³-hybridized carbons (Fsp3) is 0.474. The number of rotatable bonds is 7. The average Bonchev–Trinajstić information content (AvgIpc) is 2.97. The maximum atomic E-state index is 3.68. The first-order valence-corrected chi connectivity index (χ1v) is 8.89. The van der Waals surface area contributed by atoms with Gasteiger partial charge in [0.05, 0.1) is 0 Å². The highest BCUT2D eigenvalue weighted by Gasteiger charge is 2.17. The smallest absolute Gasteiger partial charge is 0.0438 e. The highest BCUT2D eigenvalue weighted by molar-refractivity contribution is 7.15. The van der Waals surface area contributed by atoms with Gasteiger partial charge in [0.1, 0.15) is 0 Å². The summed E-state index contributed by atoms with van der Waals surface area (Å²) in [4.78, 5) is 2.83. The van der Waals surface area contributed by atoms with Gasteiger partial charge in [-0.2, -0.15) is 0 Å². The molecular weight excluding hydrogens is 274 g/mol. The van der Waals surface area contributed by atoms with Crippen LogP contribution in [0.1, 0.15) is 50.6 Å². The van der Waals surface area contributed by atoms with Gasteiger partial charge < -0.3 is 5.32 Å². The van der Waals surface area contributed by atoms with Crippen LogP contribution in [0.15, 0.2) is 36.4 Å². The molecule has 0 radical (unpaired) electrons. The van der Waals surface area contributed by atoms with E-state index in [0.717, 1.165) is 13.0 Å². The lowest BCUT2D eigenvalue weighted by atomic mass is 10.0. The van der Waals surface area contributed by atoms with E-state index in [9.17, 15) is 0 Å². The van der Waals surface area contributed by atoms with E-state index in [1.807, 2.05) is 11.3 Å². The van der Waals surface area contributed by atoms with Gasteiger partial charge in [-0.3, -0.25) is 0 Å². The predicted octanol–water partition coefficient (Wildman–Crippen LogP) is 5.67. The Bertz CT molecular complexity index is 556. The zero-order valence-electron chi connectivity index (χ0n) is 13.6. The third-order valence-corrected chi connectivity index (χ3v) is 5.05. The van der Waals surface area contributed by atoms with Crippen molar-refractivity contribution >= 4 is 11.3 Å². The molecule has 114 valence electrons. The lowest BCUT2D eigenvalue weighted by Crippen LogP contribution is -2.25. The summed E-state index contributed by atoms with van der Waals surface area (Å²) in [5.41, 5.74) is 2.76. The summed E-state index contributed by atoms with van der Waals surface area (Å²) in [5, 5.41) is 3.68. The van der Waals surface area contributed by atoms with E-state index in [-0.39, 0.29) is 0 Å². The molecule has 0 aliphatic heterocycles. The van der Waals surface area contributed by atoms with E-state index < -0.39 is 0 Å². The van der Waals surface area contributed by atoms with Gasteiger partial charge in [0.25, 0.3) is 0 Å². The Morgan fingerprint density at radius 1 is 1.10 bits per heavy atom. The van der Waals surface area contributed by atoms with Gasteiger partial charge in [0, 0.05) is 15.8 Å². The number of aryl methyl sites for hydroxylation is 1. The number of hydrogen-bond acceptors (Lipinski definition) is 2. The van der Waals surface area contributed by atoms with E-state index in [1.165, 1.54) is 27.3 Å². The second kappa shape index (κ2) is 7.77. The molecule has 0 aliphatic rings. The van der Waals surface area contributed by atoms with Crippen molar-refractivity contribution < 1.29 is 0 Å². The van der Waals surface area contributed by atoms with E-state index in [2.05, 4.69) is 69.4 Å². The topological polar surface area (TPSA) is 12.0 Å². The molecule has 1 unspecified atom stereocenters. The van der Waals surface area contributed by atoms with Crippen LogP contribution in [-0.2, 0) is 6.42 Å². The molecule has 0 amide bonds. The van der Waals surface area contributed by atoms with Crippen molar-refractivity contribution in [2.24, 2.45) is 5.92 Å². The third kappa shape index (κ3) is 4.18. The summed E-state index contributed by atoms with van der Waals surface area (Å²) >= 11 is 1.93. The van der Waals surface area contributed by atoms with Crippen LogP contribution >= 0.6 is 11.3 Å². The monoisotopic (exact) mass is 301 g/mol. The zero-order valence-corrected chi connectivity index (χ0v) is 14.5. The quantitative estimate of drug-likeness (QED) is 0.694. The Labute approximate surface area is 133 Å². The molecule has 1 aromatic heterocycles. The molecule has 0 aliphatic carbocycles. The van der Waals surface area contributed by atoms with Crippen molar-refractivity contribution in [3.05, 3.63) is 46.8 Å². The Hall–Kier alpha value is -1.12. The summed E-state index contributed by atoms with van der Waals surface area (Å²) in [6.45, 7) is 10.1. The second-order valence-corrected chi connectivity index (χ2v) is 7.05. The van der Waals surface area contributed by atoms with E-state index in [1.54, 1.807) is 0 Å². The molecule has 2 rings (SSSR count). The van der Waals surface area contributed by atoms with Gasteiger partial charge in [0.2, 0.25) is 0 Å². The SMILES string of the molecule is CCCNC(c1ccc(-c2cccc(CC)c2)s1)C(C)C. The van der Waals surface area contributed by atoms with Crippen LogP contribution in [-0.4, -0.2) is 6.54 Å². The number of thiophene rings is 1. The van der Waals surface area contributed by atoms with Crippen molar-refractivity contribution in [3.63, 3.8) is 0 Å². The minimum absolute atomic E-state index is 0.470. The molecule has 1 heterocycles. The standard InChI is InChI=1S/C19H27NS/c1-5-12-20-19(14(3)4)18-11-10-17(21-18)16-9-7-8-15(6-2)13-16/h7-11,13-14,19-20H,5-6,12H2,1-4H3. The minimum atomic E-state index is 0.470. The maximum Gasteiger partial charge on any atom is 0.0438 e. The molecular formula is C19H27NS. The fourth-order valence-corrected chi connectivity index (χ4v) is 3.84. The molecule has 0 saturated heterocycles. The van der Waals surface area contributed by atoms with Gasteiger partial charge in [-0.25, -0.2) is 0 Å². The lowest BCUT2D eigenvalue weighted by molar-refractivity contribution is 0.418. The largest absolute Gasteiger partial charge is 0.309 e. The van der Waals surface area contributed by atoms with E-state index in [0.29, 0.717) is 12.0 Å². The van der Waals surface area contributed by atoms with E-state index in [4.69, 9.17) is 0 Å². The average molecular weight is 301 g/mol.